The fourth-order valence-electron chi connectivity index (χ4n) is 2.92. The smallest absolute Gasteiger partial charge is 0.227 e. The molecule has 114 valence electrons. The molecule has 0 heterocycles. The maximum atomic E-state index is 12.3. The molecule has 4 N–H and O–H groups in total. The SMILES string of the molecule is NCC1(C(=O)NCCCC(=O)NC2CC2)CCCCC1. The molecular formula is C15H27N3O2. The number of hydrogen-bond donors (Lipinski definition) is 3. The average molecular weight is 281 g/mol. The van der Waals surface area contributed by atoms with E-state index in [1.165, 1.54) is 6.42 Å². The molecule has 0 saturated heterocycles. The second kappa shape index (κ2) is 7.07. The zero-order valence-corrected chi connectivity index (χ0v) is 12.2. The van der Waals surface area contributed by atoms with E-state index >= 15 is 0 Å². The van der Waals surface area contributed by atoms with Gasteiger partial charge in [0.1, 0.15) is 0 Å². The summed E-state index contributed by atoms with van der Waals surface area (Å²) in [6.07, 6.45) is 8.61. The molecule has 0 radical (unpaired) electrons. The van der Waals surface area contributed by atoms with E-state index in [9.17, 15) is 9.59 Å². The van der Waals surface area contributed by atoms with Crippen LogP contribution in [-0.4, -0.2) is 30.9 Å². The minimum Gasteiger partial charge on any atom is -0.356 e. The minimum atomic E-state index is -0.353. The van der Waals surface area contributed by atoms with Crippen LogP contribution in [0.5, 0.6) is 0 Å². The lowest BCUT2D eigenvalue weighted by molar-refractivity contribution is -0.132. The molecule has 0 atom stereocenters. The third kappa shape index (κ3) is 4.20. The Morgan fingerprint density at radius 2 is 1.85 bits per heavy atom. The monoisotopic (exact) mass is 281 g/mol. The van der Waals surface area contributed by atoms with E-state index in [1.807, 2.05) is 0 Å². The third-order valence-electron chi connectivity index (χ3n) is 4.49. The third-order valence-corrected chi connectivity index (χ3v) is 4.49. The van der Waals surface area contributed by atoms with Crippen molar-refractivity contribution >= 4 is 11.8 Å². The Bertz CT molecular complexity index is 347. The van der Waals surface area contributed by atoms with Crippen molar-refractivity contribution < 1.29 is 9.59 Å². The second-order valence-corrected chi connectivity index (χ2v) is 6.25. The maximum absolute atomic E-state index is 12.3. The van der Waals surface area contributed by atoms with Crippen molar-refractivity contribution in [2.24, 2.45) is 11.1 Å². The van der Waals surface area contributed by atoms with Gasteiger partial charge in [0.2, 0.25) is 11.8 Å². The second-order valence-electron chi connectivity index (χ2n) is 6.25. The van der Waals surface area contributed by atoms with E-state index in [4.69, 9.17) is 5.73 Å². The molecular weight excluding hydrogens is 254 g/mol. The van der Waals surface area contributed by atoms with Gasteiger partial charge in [0.05, 0.1) is 5.41 Å². The summed E-state index contributed by atoms with van der Waals surface area (Å²) in [7, 11) is 0. The minimum absolute atomic E-state index is 0.0855. The summed E-state index contributed by atoms with van der Waals surface area (Å²) < 4.78 is 0. The van der Waals surface area contributed by atoms with E-state index < -0.39 is 0 Å². The Morgan fingerprint density at radius 1 is 1.15 bits per heavy atom. The molecule has 2 aliphatic carbocycles. The van der Waals surface area contributed by atoms with Crippen LogP contribution in [0.1, 0.15) is 57.8 Å². The summed E-state index contributed by atoms with van der Waals surface area (Å²) in [5, 5.41) is 5.92. The van der Waals surface area contributed by atoms with Gasteiger partial charge in [0.25, 0.3) is 0 Å². The van der Waals surface area contributed by atoms with Gasteiger partial charge >= 0.3 is 0 Å². The van der Waals surface area contributed by atoms with Crippen LogP contribution < -0.4 is 16.4 Å². The Balaban J connectivity index is 1.64. The molecule has 2 saturated carbocycles. The van der Waals surface area contributed by atoms with Crippen LogP contribution >= 0.6 is 0 Å². The number of nitrogens with one attached hydrogen (secondary N) is 2. The van der Waals surface area contributed by atoms with E-state index in [2.05, 4.69) is 10.6 Å². The standard InChI is InChI=1S/C15H27N3O2/c16-11-15(8-2-1-3-9-15)14(20)17-10-4-5-13(19)18-12-6-7-12/h12H,1-11,16H2,(H,17,20)(H,18,19). The molecule has 2 rings (SSSR count). The first-order valence-electron chi connectivity index (χ1n) is 7.94. The first-order chi connectivity index (χ1) is 9.66. The number of carbonyl (C=O) groups is 2. The van der Waals surface area contributed by atoms with Crippen LogP contribution in [0.25, 0.3) is 0 Å². The highest BCUT2D eigenvalue weighted by molar-refractivity contribution is 5.83. The molecule has 2 fully saturated rings. The molecule has 20 heavy (non-hydrogen) atoms. The van der Waals surface area contributed by atoms with Gasteiger partial charge in [0.15, 0.2) is 0 Å². The molecule has 0 aliphatic heterocycles. The highest BCUT2D eigenvalue weighted by Gasteiger charge is 2.37. The summed E-state index contributed by atoms with van der Waals surface area (Å²) in [6.45, 7) is 1.000. The molecule has 5 nitrogen and oxygen atoms in total. The summed E-state index contributed by atoms with van der Waals surface area (Å²) in [4.78, 5) is 23.8. The molecule has 0 bridgehead atoms. The van der Waals surface area contributed by atoms with E-state index in [1.54, 1.807) is 0 Å². The van der Waals surface area contributed by atoms with Crippen LogP contribution in [-0.2, 0) is 9.59 Å². The summed E-state index contributed by atoms with van der Waals surface area (Å²) >= 11 is 0. The number of hydrogen-bond acceptors (Lipinski definition) is 3. The highest BCUT2D eigenvalue weighted by atomic mass is 16.2. The predicted octanol–water partition coefficient (Wildman–Crippen LogP) is 1.07. The highest BCUT2D eigenvalue weighted by Crippen LogP contribution is 2.35. The van der Waals surface area contributed by atoms with Crippen LogP contribution in [0.2, 0.25) is 0 Å². The van der Waals surface area contributed by atoms with Gasteiger partial charge in [-0.3, -0.25) is 9.59 Å². The van der Waals surface area contributed by atoms with Crippen molar-refractivity contribution in [3.05, 3.63) is 0 Å². The molecule has 0 unspecified atom stereocenters. The molecule has 0 aromatic carbocycles. The van der Waals surface area contributed by atoms with Crippen molar-refractivity contribution in [2.45, 2.75) is 63.8 Å². The lowest BCUT2D eigenvalue weighted by atomic mass is 9.73. The largest absolute Gasteiger partial charge is 0.356 e. The maximum Gasteiger partial charge on any atom is 0.227 e. The molecule has 0 aromatic rings. The lowest BCUT2D eigenvalue weighted by Crippen LogP contribution is -2.47. The van der Waals surface area contributed by atoms with Crippen molar-refractivity contribution in [2.75, 3.05) is 13.1 Å². The first-order valence-corrected chi connectivity index (χ1v) is 7.94. The Morgan fingerprint density at radius 3 is 2.45 bits per heavy atom. The summed E-state index contributed by atoms with van der Waals surface area (Å²) in [5.41, 5.74) is 5.48. The van der Waals surface area contributed by atoms with Gasteiger partial charge in [-0.1, -0.05) is 19.3 Å². The number of carbonyl (C=O) groups excluding carboxylic acids is 2. The molecule has 0 spiro atoms. The van der Waals surface area contributed by atoms with Gasteiger partial charge < -0.3 is 16.4 Å². The zero-order valence-electron chi connectivity index (χ0n) is 12.2. The van der Waals surface area contributed by atoms with Gasteiger partial charge in [-0.25, -0.2) is 0 Å². The number of amides is 2. The molecule has 2 amide bonds. The van der Waals surface area contributed by atoms with Gasteiger partial charge in [-0.05, 0) is 32.1 Å². The zero-order chi connectivity index (χ0) is 14.4. The van der Waals surface area contributed by atoms with Crippen LogP contribution in [0.3, 0.4) is 0 Å². The topological polar surface area (TPSA) is 84.2 Å². The van der Waals surface area contributed by atoms with E-state index in [0.29, 0.717) is 32.0 Å². The molecule has 0 aromatic heterocycles. The fourth-order valence-corrected chi connectivity index (χ4v) is 2.92. The average Bonchev–Trinajstić information content (AvgIpc) is 3.28. The summed E-state index contributed by atoms with van der Waals surface area (Å²) in [5.74, 6) is 0.190. The first kappa shape index (κ1) is 15.3. The Labute approximate surface area is 121 Å². The predicted molar refractivity (Wildman–Crippen MR) is 78.0 cm³/mol. The van der Waals surface area contributed by atoms with Gasteiger partial charge in [-0.2, -0.15) is 0 Å². The number of rotatable bonds is 7. The normalized spacial score (nSPS) is 21.2. The van der Waals surface area contributed by atoms with Gasteiger partial charge in [0, 0.05) is 25.6 Å². The summed E-state index contributed by atoms with van der Waals surface area (Å²) in [6, 6.07) is 0.417. The Kier molecular flexibility index (Phi) is 5.40. The molecule has 2 aliphatic rings. The fraction of sp³-hybridized carbons (Fsp3) is 0.867. The quantitative estimate of drug-likeness (QED) is 0.610. The van der Waals surface area contributed by atoms with Crippen molar-refractivity contribution in [1.82, 2.24) is 10.6 Å². The van der Waals surface area contributed by atoms with Crippen molar-refractivity contribution in [1.29, 1.82) is 0 Å². The van der Waals surface area contributed by atoms with Gasteiger partial charge in [-0.15, -0.1) is 0 Å². The number of nitrogens with two attached hydrogens (primary N) is 1. The van der Waals surface area contributed by atoms with Crippen molar-refractivity contribution in [3.8, 4) is 0 Å². The Hall–Kier alpha value is -1.10. The molecule has 5 heteroatoms. The van der Waals surface area contributed by atoms with Crippen molar-refractivity contribution in [3.63, 3.8) is 0 Å². The van der Waals surface area contributed by atoms with Crippen LogP contribution in [0.15, 0.2) is 0 Å². The lowest BCUT2D eigenvalue weighted by Gasteiger charge is -2.34. The van der Waals surface area contributed by atoms with E-state index in [-0.39, 0.29) is 17.2 Å². The van der Waals surface area contributed by atoms with Crippen LogP contribution in [0, 0.1) is 5.41 Å². The van der Waals surface area contributed by atoms with E-state index in [0.717, 1.165) is 38.5 Å². The van der Waals surface area contributed by atoms with Crippen LogP contribution in [0.4, 0.5) is 0 Å².